The van der Waals surface area contributed by atoms with Crippen molar-refractivity contribution in [1.82, 2.24) is 0 Å². The molecule has 4 heteroatoms. The van der Waals surface area contributed by atoms with Crippen molar-refractivity contribution in [1.29, 1.82) is 0 Å². The average molecular weight is 335 g/mol. The van der Waals surface area contributed by atoms with Gasteiger partial charge in [0.15, 0.2) is 5.78 Å². The molecule has 2 rings (SSSR count). The Morgan fingerprint density at radius 1 is 1.00 bits per heavy atom. The zero-order valence-electron chi connectivity index (χ0n) is 11.1. The molecule has 0 atom stereocenters. The minimum absolute atomic E-state index is 0.0618. The molecule has 0 aromatic heterocycles. The third kappa shape index (κ3) is 3.84. The van der Waals surface area contributed by atoms with Crippen LogP contribution in [0.5, 0.6) is 11.5 Å². The van der Waals surface area contributed by atoms with E-state index >= 15 is 0 Å². The molecule has 0 amide bonds. The predicted molar refractivity (Wildman–Crippen MR) is 81.9 cm³/mol. The summed E-state index contributed by atoms with van der Waals surface area (Å²) in [6.07, 6.45) is 0. The lowest BCUT2D eigenvalue weighted by molar-refractivity contribution is 0.102. The van der Waals surface area contributed by atoms with E-state index in [-0.39, 0.29) is 5.78 Å². The van der Waals surface area contributed by atoms with Crippen LogP contribution in [0.25, 0.3) is 0 Å². The van der Waals surface area contributed by atoms with Crippen molar-refractivity contribution >= 4 is 21.7 Å². The fraction of sp³-hybridized carbons (Fsp3) is 0.188. The number of methoxy groups -OCH3 is 1. The minimum atomic E-state index is 0.0618. The highest BCUT2D eigenvalue weighted by molar-refractivity contribution is 9.09. The standard InChI is InChI=1S/C16H15BrO3/c1-19-14-6-2-12(3-7-14)11-20-15-8-4-13(5-9-15)16(18)10-17/h2-9H,10-11H2,1H3. The lowest BCUT2D eigenvalue weighted by Crippen LogP contribution is -2.00. The highest BCUT2D eigenvalue weighted by Gasteiger charge is 2.03. The molecule has 20 heavy (non-hydrogen) atoms. The first kappa shape index (κ1) is 14.6. The first-order chi connectivity index (χ1) is 9.72. The van der Waals surface area contributed by atoms with E-state index < -0.39 is 0 Å². The maximum atomic E-state index is 11.5. The highest BCUT2D eigenvalue weighted by atomic mass is 79.9. The summed E-state index contributed by atoms with van der Waals surface area (Å²) in [5.74, 6) is 1.63. The Morgan fingerprint density at radius 2 is 1.60 bits per heavy atom. The normalized spacial score (nSPS) is 10.1. The monoisotopic (exact) mass is 334 g/mol. The summed E-state index contributed by atoms with van der Waals surface area (Å²) in [4.78, 5) is 11.5. The van der Waals surface area contributed by atoms with E-state index in [9.17, 15) is 4.79 Å². The molecule has 0 fully saturated rings. The number of carbonyl (C=O) groups excluding carboxylic acids is 1. The largest absolute Gasteiger partial charge is 0.497 e. The third-order valence-electron chi connectivity index (χ3n) is 2.86. The number of alkyl halides is 1. The molecule has 0 bridgehead atoms. The summed E-state index contributed by atoms with van der Waals surface area (Å²) in [7, 11) is 1.64. The Kier molecular flexibility index (Phi) is 5.18. The van der Waals surface area contributed by atoms with E-state index in [1.54, 1.807) is 31.4 Å². The first-order valence-corrected chi connectivity index (χ1v) is 7.30. The molecule has 0 aliphatic heterocycles. The van der Waals surface area contributed by atoms with E-state index in [0.717, 1.165) is 17.1 Å². The minimum Gasteiger partial charge on any atom is -0.497 e. The summed E-state index contributed by atoms with van der Waals surface area (Å²) in [6, 6.07) is 14.9. The van der Waals surface area contributed by atoms with Gasteiger partial charge in [-0.3, -0.25) is 4.79 Å². The third-order valence-corrected chi connectivity index (χ3v) is 3.37. The van der Waals surface area contributed by atoms with Crippen LogP contribution in [0.3, 0.4) is 0 Å². The van der Waals surface area contributed by atoms with Gasteiger partial charge >= 0.3 is 0 Å². The van der Waals surface area contributed by atoms with E-state index in [4.69, 9.17) is 9.47 Å². The Bertz CT molecular complexity index is 561. The summed E-state index contributed by atoms with van der Waals surface area (Å²) in [5, 5.41) is 0.332. The van der Waals surface area contributed by atoms with Crippen molar-refractivity contribution < 1.29 is 14.3 Å². The van der Waals surface area contributed by atoms with Crippen LogP contribution in [-0.4, -0.2) is 18.2 Å². The van der Waals surface area contributed by atoms with Gasteiger partial charge in [-0.1, -0.05) is 28.1 Å². The number of hydrogen-bond donors (Lipinski definition) is 0. The van der Waals surface area contributed by atoms with Gasteiger partial charge in [0.05, 0.1) is 12.4 Å². The van der Waals surface area contributed by atoms with Crippen LogP contribution in [0.1, 0.15) is 15.9 Å². The Balaban J connectivity index is 1.94. The Morgan fingerprint density at radius 3 is 2.15 bits per heavy atom. The van der Waals surface area contributed by atoms with Crippen LogP contribution in [-0.2, 0) is 6.61 Å². The molecule has 0 saturated carbocycles. The highest BCUT2D eigenvalue weighted by Crippen LogP contribution is 2.16. The first-order valence-electron chi connectivity index (χ1n) is 6.18. The van der Waals surface area contributed by atoms with Crippen LogP contribution in [0.2, 0.25) is 0 Å². The Labute approximate surface area is 126 Å². The molecular formula is C16H15BrO3. The summed E-state index contributed by atoms with van der Waals surface area (Å²) >= 11 is 3.15. The van der Waals surface area contributed by atoms with Crippen molar-refractivity contribution in [3.8, 4) is 11.5 Å². The number of Topliss-reactive ketones (excluding diaryl/α,β-unsaturated/α-hetero) is 1. The summed E-state index contributed by atoms with van der Waals surface area (Å²) < 4.78 is 10.8. The second-order valence-corrected chi connectivity index (χ2v) is 4.78. The van der Waals surface area contributed by atoms with Crippen molar-refractivity contribution in [2.24, 2.45) is 0 Å². The average Bonchev–Trinajstić information content (AvgIpc) is 2.53. The van der Waals surface area contributed by atoms with Crippen LogP contribution < -0.4 is 9.47 Å². The second kappa shape index (κ2) is 7.10. The lowest BCUT2D eigenvalue weighted by atomic mass is 10.1. The van der Waals surface area contributed by atoms with Gasteiger partial charge in [-0.15, -0.1) is 0 Å². The second-order valence-electron chi connectivity index (χ2n) is 4.22. The van der Waals surface area contributed by atoms with Gasteiger partial charge < -0.3 is 9.47 Å². The summed E-state index contributed by atoms with van der Waals surface area (Å²) in [6.45, 7) is 0.482. The molecule has 0 aliphatic carbocycles. The van der Waals surface area contributed by atoms with E-state index in [1.165, 1.54) is 0 Å². The van der Waals surface area contributed by atoms with Gasteiger partial charge in [0.2, 0.25) is 0 Å². The topological polar surface area (TPSA) is 35.5 Å². The van der Waals surface area contributed by atoms with Crippen molar-refractivity contribution in [3.63, 3.8) is 0 Å². The molecule has 0 aliphatic rings. The smallest absolute Gasteiger partial charge is 0.173 e. The van der Waals surface area contributed by atoms with Crippen LogP contribution in [0.4, 0.5) is 0 Å². The van der Waals surface area contributed by atoms with Crippen molar-refractivity contribution in [3.05, 3.63) is 59.7 Å². The van der Waals surface area contributed by atoms with Gasteiger partial charge in [-0.05, 0) is 42.0 Å². The van der Waals surface area contributed by atoms with Gasteiger partial charge in [-0.2, -0.15) is 0 Å². The summed E-state index contributed by atoms with van der Waals surface area (Å²) in [5.41, 5.74) is 1.74. The molecule has 0 saturated heterocycles. The van der Waals surface area contributed by atoms with Gasteiger partial charge in [0, 0.05) is 5.56 Å². The molecule has 0 unspecified atom stereocenters. The zero-order valence-corrected chi connectivity index (χ0v) is 12.7. The van der Waals surface area contributed by atoms with Crippen molar-refractivity contribution in [2.45, 2.75) is 6.61 Å². The fourth-order valence-corrected chi connectivity index (χ4v) is 2.03. The number of hydrogen-bond acceptors (Lipinski definition) is 3. The van der Waals surface area contributed by atoms with Crippen molar-refractivity contribution in [2.75, 3.05) is 12.4 Å². The van der Waals surface area contributed by atoms with Crippen LogP contribution in [0, 0.1) is 0 Å². The maximum Gasteiger partial charge on any atom is 0.173 e. The fourth-order valence-electron chi connectivity index (χ4n) is 1.70. The van der Waals surface area contributed by atoms with E-state index in [0.29, 0.717) is 17.5 Å². The van der Waals surface area contributed by atoms with Gasteiger partial charge in [0.25, 0.3) is 0 Å². The molecule has 2 aromatic rings. The number of rotatable bonds is 6. The number of benzene rings is 2. The molecule has 104 valence electrons. The van der Waals surface area contributed by atoms with E-state index in [2.05, 4.69) is 15.9 Å². The molecule has 0 spiro atoms. The number of ether oxygens (including phenoxy) is 2. The number of halogens is 1. The molecule has 0 N–H and O–H groups in total. The van der Waals surface area contributed by atoms with Crippen LogP contribution in [0.15, 0.2) is 48.5 Å². The van der Waals surface area contributed by atoms with E-state index in [1.807, 2.05) is 24.3 Å². The molecular weight excluding hydrogens is 320 g/mol. The van der Waals surface area contributed by atoms with Gasteiger partial charge in [0.1, 0.15) is 18.1 Å². The quantitative estimate of drug-likeness (QED) is 0.594. The molecule has 0 radical (unpaired) electrons. The Hall–Kier alpha value is -1.81. The number of ketones is 1. The zero-order chi connectivity index (χ0) is 14.4. The molecule has 3 nitrogen and oxygen atoms in total. The van der Waals surface area contributed by atoms with Gasteiger partial charge in [-0.25, -0.2) is 0 Å². The molecule has 2 aromatic carbocycles. The predicted octanol–water partition coefficient (Wildman–Crippen LogP) is 3.85. The van der Waals surface area contributed by atoms with Crippen LogP contribution >= 0.6 is 15.9 Å². The maximum absolute atomic E-state index is 11.5. The lowest BCUT2D eigenvalue weighted by Gasteiger charge is -2.07. The number of carbonyl (C=O) groups is 1. The SMILES string of the molecule is COc1ccc(COc2ccc(C(=O)CBr)cc2)cc1. The molecule has 0 heterocycles.